The Kier molecular flexibility index (Phi) is 4.66. The number of hydrogen-bond donors (Lipinski definition) is 0. The molecule has 3 heterocycles. The van der Waals surface area contributed by atoms with E-state index >= 15 is 0 Å². The summed E-state index contributed by atoms with van der Waals surface area (Å²) in [5, 5.41) is 13.0. The molecular weight excluding hydrogens is 364 g/mol. The number of nitrogens with zero attached hydrogens (tertiary/aromatic N) is 6. The van der Waals surface area contributed by atoms with Crippen molar-refractivity contribution in [1.82, 2.24) is 29.7 Å². The molecule has 1 amide bonds. The van der Waals surface area contributed by atoms with Gasteiger partial charge in [-0.25, -0.2) is 0 Å². The first-order valence-corrected chi connectivity index (χ1v) is 10.5. The molecule has 2 aromatic heterocycles. The van der Waals surface area contributed by atoms with E-state index in [9.17, 15) is 4.79 Å². The van der Waals surface area contributed by atoms with Crippen LogP contribution in [-0.2, 0) is 6.54 Å². The second-order valence-electron chi connectivity index (χ2n) is 8.36. The summed E-state index contributed by atoms with van der Waals surface area (Å²) in [5.41, 5.74) is 2.60. The van der Waals surface area contributed by atoms with Gasteiger partial charge in [-0.2, -0.15) is 20.1 Å². The van der Waals surface area contributed by atoms with Gasteiger partial charge in [0.15, 0.2) is 0 Å². The third-order valence-corrected chi connectivity index (χ3v) is 6.18. The van der Waals surface area contributed by atoms with Crippen molar-refractivity contribution in [2.75, 3.05) is 6.54 Å². The standard InChI is InChI=1S/C22H26N6O/c1-16-6-9-18(19-12-25-26(14-19)13-17-7-8-17)15-27(16)22(29)20-4-2-3-5-21(20)28-23-10-11-24-28/h2-5,10-12,14,16-18H,6-9,13,15H2,1H3/t16-,18-/m1/s1. The van der Waals surface area contributed by atoms with Crippen molar-refractivity contribution in [2.24, 2.45) is 5.92 Å². The number of likely N-dealkylation sites (tertiary alicyclic amines) is 1. The molecule has 1 aliphatic heterocycles. The van der Waals surface area contributed by atoms with E-state index in [0.29, 0.717) is 17.2 Å². The maximum Gasteiger partial charge on any atom is 0.256 e. The second kappa shape index (κ2) is 7.46. The third-order valence-electron chi connectivity index (χ3n) is 6.18. The molecule has 0 N–H and O–H groups in total. The van der Waals surface area contributed by atoms with Crippen molar-refractivity contribution in [1.29, 1.82) is 0 Å². The summed E-state index contributed by atoms with van der Waals surface area (Å²) < 4.78 is 2.08. The van der Waals surface area contributed by atoms with Crippen LogP contribution in [0.15, 0.2) is 49.1 Å². The topological polar surface area (TPSA) is 68.8 Å². The molecule has 0 radical (unpaired) electrons. The monoisotopic (exact) mass is 390 g/mol. The van der Waals surface area contributed by atoms with Gasteiger partial charge in [-0.1, -0.05) is 12.1 Å². The summed E-state index contributed by atoms with van der Waals surface area (Å²) in [5.74, 6) is 1.18. The Bertz CT molecular complexity index is 990. The SMILES string of the molecule is C[C@@H]1CC[C@@H](c2cnn(CC3CC3)c2)CN1C(=O)c1ccccc1-n1nccn1. The van der Waals surface area contributed by atoms with E-state index in [2.05, 4.69) is 33.1 Å². The lowest BCUT2D eigenvalue weighted by Gasteiger charge is -2.38. The molecule has 1 saturated heterocycles. The number of hydrogen-bond acceptors (Lipinski definition) is 4. The molecule has 1 saturated carbocycles. The molecule has 0 bridgehead atoms. The van der Waals surface area contributed by atoms with Gasteiger partial charge < -0.3 is 4.90 Å². The van der Waals surface area contributed by atoms with E-state index in [1.165, 1.54) is 23.2 Å². The fraction of sp³-hybridized carbons (Fsp3) is 0.455. The van der Waals surface area contributed by atoms with E-state index < -0.39 is 0 Å². The van der Waals surface area contributed by atoms with Crippen molar-refractivity contribution in [3.8, 4) is 5.69 Å². The Morgan fingerprint density at radius 2 is 1.86 bits per heavy atom. The highest BCUT2D eigenvalue weighted by atomic mass is 16.2. The Labute approximate surface area is 170 Å². The normalized spacial score (nSPS) is 22.0. The quantitative estimate of drug-likeness (QED) is 0.670. The van der Waals surface area contributed by atoms with Crippen molar-refractivity contribution < 1.29 is 4.79 Å². The fourth-order valence-corrected chi connectivity index (χ4v) is 4.24. The highest BCUT2D eigenvalue weighted by Gasteiger charge is 2.32. The lowest BCUT2D eigenvalue weighted by molar-refractivity contribution is 0.0609. The maximum absolute atomic E-state index is 13.5. The largest absolute Gasteiger partial charge is 0.335 e. The Morgan fingerprint density at radius 3 is 2.66 bits per heavy atom. The molecule has 7 nitrogen and oxygen atoms in total. The number of piperidine rings is 1. The molecule has 1 aliphatic carbocycles. The van der Waals surface area contributed by atoms with E-state index in [1.807, 2.05) is 35.4 Å². The first kappa shape index (κ1) is 18.1. The van der Waals surface area contributed by atoms with Gasteiger partial charge in [0, 0.05) is 31.2 Å². The zero-order valence-electron chi connectivity index (χ0n) is 16.7. The number of carbonyl (C=O) groups is 1. The maximum atomic E-state index is 13.5. The minimum Gasteiger partial charge on any atom is -0.335 e. The minimum absolute atomic E-state index is 0.0421. The Balaban J connectivity index is 1.37. The molecule has 3 aromatic rings. The zero-order valence-corrected chi connectivity index (χ0v) is 16.7. The summed E-state index contributed by atoms with van der Waals surface area (Å²) in [7, 11) is 0. The van der Waals surface area contributed by atoms with Gasteiger partial charge in [0.2, 0.25) is 0 Å². The lowest BCUT2D eigenvalue weighted by Crippen LogP contribution is -2.45. The first-order valence-electron chi connectivity index (χ1n) is 10.5. The number of benzene rings is 1. The summed E-state index contributed by atoms with van der Waals surface area (Å²) in [6.07, 6.45) is 12.2. The molecule has 2 fully saturated rings. The van der Waals surface area contributed by atoms with Gasteiger partial charge in [0.1, 0.15) is 0 Å². The molecule has 29 heavy (non-hydrogen) atoms. The van der Waals surface area contributed by atoms with Crippen molar-refractivity contribution in [3.63, 3.8) is 0 Å². The van der Waals surface area contributed by atoms with E-state index in [-0.39, 0.29) is 11.9 Å². The number of amides is 1. The van der Waals surface area contributed by atoms with E-state index in [4.69, 9.17) is 0 Å². The second-order valence-corrected chi connectivity index (χ2v) is 8.36. The van der Waals surface area contributed by atoms with Crippen molar-refractivity contribution in [2.45, 2.75) is 51.1 Å². The van der Waals surface area contributed by atoms with Gasteiger partial charge in [-0.05, 0) is 56.2 Å². The van der Waals surface area contributed by atoms with Crippen LogP contribution in [0.5, 0.6) is 0 Å². The van der Waals surface area contributed by atoms with Crippen LogP contribution in [0.2, 0.25) is 0 Å². The lowest BCUT2D eigenvalue weighted by atomic mass is 9.89. The molecule has 2 aliphatic rings. The summed E-state index contributed by atoms with van der Waals surface area (Å²) in [4.78, 5) is 17.0. The van der Waals surface area contributed by atoms with Crippen LogP contribution in [0.4, 0.5) is 0 Å². The summed E-state index contributed by atoms with van der Waals surface area (Å²) >= 11 is 0. The van der Waals surface area contributed by atoms with Crippen LogP contribution in [-0.4, -0.2) is 48.2 Å². The van der Waals surface area contributed by atoms with Crippen LogP contribution < -0.4 is 0 Å². The van der Waals surface area contributed by atoms with Crippen molar-refractivity contribution in [3.05, 3.63) is 60.2 Å². The number of aromatic nitrogens is 5. The van der Waals surface area contributed by atoms with Crippen LogP contribution in [0.1, 0.15) is 54.4 Å². The molecular formula is C22H26N6O. The fourth-order valence-electron chi connectivity index (χ4n) is 4.24. The van der Waals surface area contributed by atoms with E-state index in [1.54, 1.807) is 12.4 Å². The van der Waals surface area contributed by atoms with Crippen molar-refractivity contribution >= 4 is 5.91 Å². The average molecular weight is 390 g/mol. The molecule has 5 rings (SSSR count). The van der Waals surface area contributed by atoms with Crippen LogP contribution in [0, 0.1) is 5.92 Å². The predicted molar refractivity (Wildman–Crippen MR) is 109 cm³/mol. The molecule has 1 aromatic carbocycles. The van der Waals surface area contributed by atoms with Crippen LogP contribution >= 0.6 is 0 Å². The van der Waals surface area contributed by atoms with Gasteiger partial charge in [-0.15, -0.1) is 0 Å². The predicted octanol–water partition coefficient (Wildman–Crippen LogP) is 3.28. The number of rotatable bonds is 5. The van der Waals surface area contributed by atoms with Crippen LogP contribution in [0.3, 0.4) is 0 Å². The third kappa shape index (κ3) is 3.69. The molecule has 0 unspecified atom stereocenters. The number of para-hydroxylation sites is 1. The highest BCUT2D eigenvalue weighted by molar-refractivity contribution is 5.98. The first-order chi connectivity index (χ1) is 14.2. The van der Waals surface area contributed by atoms with Gasteiger partial charge in [0.05, 0.1) is 29.8 Å². The number of carbonyl (C=O) groups excluding carboxylic acids is 1. The smallest absolute Gasteiger partial charge is 0.256 e. The molecule has 150 valence electrons. The summed E-state index contributed by atoms with van der Waals surface area (Å²) in [6.45, 7) is 3.88. The van der Waals surface area contributed by atoms with Gasteiger partial charge in [0.25, 0.3) is 5.91 Å². The van der Waals surface area contributed by atoms with E-state index in [0.717, 1.165) is 31.8 Å². The highest BCUT2D eigenvalue weighted by Crippen LogP contribution is 2.33. The average Bonchev–Trinajstić information content (AvgIpc) is 3.19. The molecule has 7 heteroatoms. The molecule has 2 atom stereocenters. The van der Waals surface area contributed by atoms with Gasteiger partial charge in [-0.3, -0.25) is 9.48 Å². The Hall–Kier alpha value is -2.96. The van der Waals surface area contributed by atoms with Crippen LogP contribution in [0.25, 0.3) is 5.69 Å². The van der Waals surface area contributed by atoms with Gasteiger partial charge >= 0.3 is 0 Å². The molecule has 0 spiro atoms. The summed E-state index contributed by atoms with van der Waals surface area (Å²) in [6, 6.07) is 7.77. The minimum atomic E-state index is 0.0421. The Morgan fingerprint density at radius 1 is 1.07 bits per heavy atom. The zero-order chi connectivity index (χ0) is 19.8.